The normalized spacial score (nSPS) is 19.7. The van der Waals surface area contributed by atoms with Crippen LogP contribution in [0.15, 0.2) is 47.5 Å². The number of hydrogen-bond donors (Lipinski definition) is 1. The molecule has 27 heavy (non-hydrogen) atoms. The molecule has 2 nitrogen and oxygen atoms in total. The van der Waals surface area contributed by atoms with Crippen LogP contribution in [0, 0.1) is 11.7 Å². The summed E-state index contributed by atoms with van der Waals surface area (Å²) in [4.78, 5) is 3.96. The van der Waals surface area contributed by atoms with E-state index in [1.807, 2.05) is 13.8 Å². The van der Waals surface area contributed by atoms with Crippen molar-refractivity contribution in [1.82, 2.24) is 0 Å². The van der Waals surface area contributed by atoms with Gasteiger partial charge in [-0.2, -0.15) is 13.2 Å². The quantitative estimate of drug-likeness (QED) is 0.568. The molecule has 6 heteroatoms. The van der Waals surface area contributed by atoms with E-state index in [0.29, 0.717) is 5.57 Å². The van der Waals surface area contributed by atoms with E-state index < -0.39 is 23.2 Å². The Hall–Kier alpha value is -2.47. The number of benzene rings is 2. The minimum absolute atomic E-state index is 0.0649. The molecule has 0 amide bonds. The molecular weight excluding hydrogens is 358 g/mol. The van der Waals surface area contributed by atoms with E-state index in [1.165, 1.54) is 37.5 Å². The summed E-state index contributed by atoms with van der Waals surface area (Å²) in [6.07, 6.45) is -1.71. The summed E-state index contributed by atoms with van der Waals surface area (Å²) in [6.45, 7) is 3.81. The minimum Gasteiger partial charge on any atom is -0.372 e. The van der Waals surface area contributed by atoms with Gasteiger partial charge in [-0.25, -0.2) is 4.39 Å². The van der Waals surface area contributed by atoms with Gasteiger partial charge < -0.3 is 5.11 Å². The first-order valence-electron chi connectivity index (χ1n) is 8.48. The third kappa shape index (κ3) is 2.98. The summed E-state index contributed by atoms with van der Waals surface area (Å²) in [7, 11) is 1.54. The fourth-order valence-electron chi connectivity index (χ4n) is 3.58. The maximum absolute atomic E-state index is 14.4. The van der Waals surface area contributed by atoms with Crippen LogP contribution in [0.2, 0.25) is 0 Å². The van der Waals surface area contributed by atoms with Crippen molar-refractivity contribution in [3.8, 4) is 11.1 Å². The molecule has 1 atom stereocenters. The van der Waals surface area contributed by atoms with Crippen molar-refractivity contribution in [3.05, 3.63) is 65.0 Å². The number of fused-ring (bicyclic) bond motifs is 3. The van der Waals surface area contributed by atoms with Gasteiger partial charge in [-0.15, -0.1) is 0 Å². The number of hydrogen-bond acceptors (Lipinski definition) is 2. The van der Waals surface area contributed by atoms with Crippen molar-refractivity contribution in [2.24, 2.45) is 10.9 Å². The molecule has 0 spiro atoms. The molecule has 1 unspecified atom stereocenters. The number of aliphatic imine (C=N–C) groups is 1. The first-order valence-corrected chi connectivity index (χ1v) is 8.48. The van der Waals surface area contributed by atoms with Crippen LogP contribution in [-0.4, -0.2) is 24.5 Å². The fraction of sp³-hybridized carbons (Fsp3) is 0.286. The minimum atomic E-state index is -5.00. The highest BCUT2D eigenvalue weighted by Gasteiger charge is 2.61. The van der Waals surface area contributed by atoms with E-state index in [4.69, 9.17) is 0 Å². The SMILES string of the molecule is CN=C/C(=C\C(C)C)c1cc(F)cc2c1-c1ccccc1C2(O)C(F)(F)F. The highest BCUT2D eigenvalue weighted by atomic mass is 19.4. The number of halogens is 4. The van der Waals surface area contributed by atoms with Gasteiger partial charge >= 0.3 is 6.18 Å². The van der Waals surface area contributed by atoms with Crippen LogP contribution >= 0.6 is 0 Å². The van der Waals surface area contributed by atoms with E-state index in [1.54, 1.807) is 12.1 Å². The second-order valence-electron chi connectivity index (χ2n) is 6.88. The van der Waals surface area contributed by atoms with Crippen molar-refractivity contribution >= 4 is 11.8 Å². The Bertz CT molecular complexity index is 944. The predicted octanol–water partition coefficient (Wildman–Crippen LogP) is 5.34. The third-order valence-corrected chi connectivity index (χ3v) is 4.58. The Labute approximate surface area is 154 Å². The lowest BCUT2D eigenvalue weighted by molar-refractivity contribution is -0.246. The van der Waals surface area contributed by atoms with Crippen molar-refractivity contribution < 1.29 is 22.7 Å². The summed E-state index contributed by atoms with van der Waals surface area (Å²) in [5.74, 6) is -0.784. The molecule has 0 aromatic heterocycles. The Balaban J connectivity index is 2.45. The fourth-order valence-corrected chi connectivity index (χ4v) is 3.58. The van der Waals surface area contributed by atoms with Crippen molar-refractivity contribution in [1.29, 1.82) is 0 Å². The third-order valence-electron chi connectivity index (χ3n) is 4.58. The monoisotopic (exact) mass is 377 g/mol. The zero-order chi connectivity index (χ0) is 20.0. The van der Waals surface area contributed by atoms with Crippen LogP contribution in [0.25, 0.3) is 16.7 Å². The van der Waals surface area contributed by atoms with Gasteiger partial charge in [-0.3, -0.25) is 4.99 Å². The molecule has 3 rings (SSSR count). The summed E-state index contributed by atoms with van der Waals surface area (Å²) in [5, 5.41) is 10.7. The maximum atomic E-state index is 14.4. The van der Waals surface area contributed by atoms with Gasteiger partial charge in [0.05, 0.1) is 0 Å². The van der Waals surface area contributed by atoms with Gasteiger partial charge in [0.1, 0.15) is 5.82 Å². The molecular formula is C21H19F4NO. The van der Waals surface area contributed by atoms with Gasteiger partial charge in [0.25, 0.3) is 0 Å². The number of allylic oxidation sites excluding steroid dienone is 2. The summed E-state index contributed by atoms with van der Waals surface area (Å²) < 4.78 is 56.1. The Morgan fingerprint density at radius 3 is 2.41 bits per heavy atom. The second-order valence-corrected chi connectivity index (χ2v) is 6.88. The van der Waals surface area contributed by atoms with E-state index in [-0.39, 0.29) is 28.2 Å². The summed E-state index contributed by atoms with van der Waals surface area (Å²) in [5.41, 5.74) is -2.86. The first-order chi connectivity index (χ1) is 12.6. The van der Waals surface area contributed by atoms with Gasteiger partial charge in [0.2, 0.25) is 5.60 Å². The van der Waals surface area contributed by atoms with Crippen LogP contribution in [0.1, 0.15) is 30.5 Å². The average Bonchev–Trinajstić information content (AvgIpc) is 2.84. The lowest BCUT2D eigenvalue weighted by Crippen LogP contribution is -2.41. The van der Waals surface area contributed by atoms with Gasteiger partial charge in [-0.05, 0) is 40.3 Å². The topological polar surface area (TPSA) is 32.6 Å². The van der Waals surface area contributed by atoms with Crippen LogP contribution < -0.4 is 0 Å². The average molecular weight is 377 g/mol. The molecule has 0 saturated carbocycles. The van der Waals surface area contributed by atoms with Gasteiger partial charge in [0.15, 0.2) is 0 Å². The van der Waals surface area contributed by atoms with Crippen molar-refractivity contribution in [3.63, 3.8) is 0 Å². The Morgan fingerprint density at radius 1 is 1.15 bits per heavy atom. The largest absolute Gasteiger partial charge is 0.425 e. The molecule has 1 N–H and O–H groups in total. The molecule has 2 aromatic rings. The second kappa shape index (κ2) is 6.60. The smallest absolute Gasteiger partial charge is 0.372 e. The first kappa shape index (κ1) is 19.3. The highest BCUT2D eigenvalue weighted by Crippen LogP contribution is 2.56. The van der Waals surface area contributed by atoms with E-state index in [9.17, 15) is 22.7 Å². The summed E-state index contributed by atoms with van der Waals surface area (Å²) >= 11 is 0. The number of rotatable bonds is 3. The van der Waals surface area contributed by atoms with Crippen LogP contribution in [-0.2, 0) is 5.60 Å². The molecule has 0 saturated heterocycles. The van der Waals surface area contributed by atoms with E-state index in [0.717, 1.165) is 6.07 Å². The predicted molar refractivity (Wildman–Crippen MR) is 98.1 cm³/mol. The van der Waals surface area contributed by atoms with Crippen LogP contribution in [0.4, 0.5) is 17.6 Å². The highest BCUT2D eigenvalue weighted by molar-refractivity contribution is 6.13. The molecule has 2 aromatic carbocycles. The Morgan fingerprint density at radius 2 is 1.81 bits per heavy atom. The van der Waals surface area contributed by atoms with E-state index in [2.05, 4.69) is 4.99 Å². The number of alkyl halides is 3. The zero-order valence-corrected chi connectivity index (χ0v) is 15.1. The lowest BCUT2D eigenvalue weighted by atomic mass is 9.88. The molecule has 0 radical (unpaired) electrons. The lowest BCUT2D eigenvalue weighted by Gasteiger charge is -2.28. The maximum Gasteiger partial charge on any atom is 0.425 e. The Kier molecular flexibility index (Phi) is 4.72. The molecule has 0 heterocycles. The molecule has 142 valence electrons. The molecule has 0 bridgehead atoms. The van der Waals surface area contributed by atoms with Crippen molar-refractivity contribution in [2.45, 2.75) is 25.6 Å². The van der Waals surface area contributed by atoms with Crippen LogP contribution in [0.5, 0.6) is 0 Å². The molecule has 1 aliphatic rings. The van der Waals surface area contributed by atoms with Gasteiger partial charge in [0, 0.05) is 24.4 Å². The standard InChI is InChI=1S/C21H19F4NO/c1-12(2)8-13(11-26-3)16-9-14(22)10-18-19(16)15-6-4-5-7-17(15)20(18,27)21(23,24)25/h4-12,27H,1-3H3/b13-8+,26-11?. The van der Waals surface area contributed by atoms with Crippen molar-refractivity contribution in [2.75, 3.05) is 7.05 Å². The van der Waals surface area contributed by atoms with E-state index >= 15 is 0 Å². The summed E-state index contributed by atoms with van der Waals surface area (Å²) in [6, 6.07) is 7.71. The van der Waals surface area contributed by atoms with Crippen LogP contribution in [0.3, 0.4) is 0 Å². The zero-order valence-electron chi connectivity index (χ0n) is 15.1. The molecule has 0 fully saturated rings. The molecule has 0 aliphatic heterocycles. The number of nitrogens with zero attached hydrogens (tertiary/aromatic N) is 1. The number of aliphatic hydroxyl groups is 1. The molecule has 1 aliphatic carbocycles. The van der Waals surface area contributed by atoms with Gasteiger partial charge in [-0.1, -0.05) is 44.2 Å².